The van der Waals surface area contributed by atoms with E-state index < -0.39 is 11.9 Å². The first-order valence-electron chi connectivity index (χ1n) is 17.5. The minimum absolute atomic E-state index is 0. The average molecular weight is 754 g/mol. The number of ether oxygens (including phenoxy) is 2. The molecule has 0 aliphatic carbocycles. The minimum Gasteiger partial charge on any atom is -0.383 e. The second-order valence-electron chi connectivity index (χ2n) is 13.0. The molecule has 0 spiro atoms. The Morgan fingerprint density at radius 2 is 1.59 bits per heavy atom. The largest absolute Gasteiger partial charge is 0.383 e. The van der Waals surface area contributed by atoms with Crippen molar-refractivity contribution in [3.05, 3.63) is 89.9 Å². The number of nitrogens with one attached hydrogen (secondary N) is 3. The Labute approximate surface area is 317 Å². The third-order valence-electron chi connectivity index (χ3n) is 9.17. The Morgan fingerprint density at radius 1 is 0.889 bits per heavy atom. The number of carbonyl (C=O) groups is 3. The average Bonchev–Trinajstić information content (AvgIpc) is 3.72. The molecule has 5 aromatic rings. The Bertz CT molecular complexity index is 2140. The summed E-state index contributed by atoms with van der Waals surface area (Å²) in [5.74, 6) is -0.391. The van der Waals surface area contributed by atoms with Gasteiger partial charge in [-0.1, -0.05) is 13.5 Å². The summed E-state index contributed by atoms with van der Waals surface area (Å²) in [5.41, 5.74) is 6.12. The Kier molecular flexibility index (Phi) is 12.2. The Hall–Kier alpha value is -5.44. The van der Waals surface area contributed by atoms with Crippen molar-refractivity contribution in [1.29, 1.82) is 0 Å². The van der Waals surface area contributed by atoms with E-state index in [1.54, 1.807) is 23.2 Å². The SMILES string of the molecule is C.CN(C)c1ccc(-c2ccc(-c3nc4ccc(NCCOCCOCCNc5ccc6c(c5)CN(C5CCC(=O)NC5=O)C6=O)cc4s3)c(F)c2)cn1. The van der Waals surface area contributed by atoms with E-state index in [1.165, 1.54) is 17.4 Å². The van der Waals surface area contributed by atoms with Crippen LogP contribution in [0.2, 0.25) is 0 Å². The van der Waals surface area contributed by atoms with Crippen molar-refractivity contribution in [2.45, 2.75) is 32.9 Å². The first-order valence-corrected chi connectivity index (χ1v) is 18.3. The number of benzene rings is 3. The zero-order valence-corrected chi connectivity index (χ0v) is 30.3. The van der Waals surface area contributed by atoms with Crippen molar-refractivity contribution in [2.24, 2.45) is 0 Å². The Balaban J connectivity index is 0.00000497. The summed E-state index contributed by atoms with van der Waals surface area (Å²) in [5, 5.41) is 9.64. The molecule has 3 N–H and O–H groups in total. The number of aromatic nitrogens is 2. The van der Waals surface area contributed by atoms with E-state index in [1.807, 2.05) is 67.5 Å². The summed E-state index contributed by atoms with van der Waals surface area (Å²) in [4.78, 5) is 49.2. The van der Waals surface area contributed by atoms with E-state index >= 15 is 4.39 Å². The number of hydrogen-bond donors (Lipinski definition) is 3. The molecular weight excluding hydrogens is 710 g/mol. The number of halogens is 1. The van der Waals surface area contributed by atoms with Crippen LogP contribution in [0.1, 0.15) is 36.2 Å². The molecule has 7 rings (SSSR count). The molecule has 0 radical (unpaired) electrons. The van der Waals surface area contributed by atoms with Crippen molar-refractivity contribution in [1.82, 2.24) is 20.2 Å². The van der Waals surface area contributed by atoms with Crippen LogP contribution in [0.5, 0.6) is 0 Å². The zero-order valence-electron chi connectivity index (χ0n) is 29.5. The van der Waals surface area contributed by atoms with Gasteiger partial charge in [0.2, 0.25) is 11.8 Å². The molecule has 1 saturated heterocycles. The number of carbonyl (C=O) groups excluding carboxylic acids is 3. The van der Waals surface area contributed by atoms with Crippen molar-refractivity contribution >= 4 is 56.5 Å². The van der Waals surface area contributed by atoms with Crippen LogP contribution in [0.4, 0.5) is 21.6 Å². The summed E-state index contributed by atoms with van der Waals surface area (Å²) in [6, 6.07) is 19.9. The van der Waals surface area contributed by atoms with Crippen molar-refractivity contribution in [3.8, 4) is 21.7 Å². The van der Waals surface area contributed by atoms with Crippen LogP contribution >= 0.6 is 11.3 Å². The van der Waals surface area contributed by atoms with Crippen LogP contribution in [0.15, 0.2) is 72.9 Å². The van der Waals surface area contributed by atoms with Gasteiger partial charge in [-0.2, -0.15) is 0 Å². The van der Waals surface area contributed by atoms with Crippen LogP contribution in [0, 0.1) is 5.82 Å². The first kappa shape index (κ1) is 38.3. The molecule has 0 bridgehead atoms. The topological polar surface area (TPSA) is 138 Å². The molecule has 1 atom stereocenters. The fourth-order valence-electron chi connectivity index (χ4n) is 6.38. The number of amides is 3. The van der Waals surface area contributed by atoms with Crippen LogP contribution < -0.4 is 20.9 Å². The zero-order chi connectivity index (χ0) is 36.9. The molecular formula is C40H44FN7O5S. The summed E-state index contributed by atoms with van der Waals surface area (Å²) >= 11 is 1.45. The number of imide groups is 1. The third-order valence-corrected chi connectivity index (χ3v) is 10.2. The summed E-state index contributed by atoms with van der Waals surface area (Å²) in [6.07, 6.45) is 2.32. The van der Waals surface area contributed by atoms with Gasteiger partial charge in [0.1, 0.15) is 22.7 Å². The van der Waals surface area contributed by atoms with Crippen molar-refractivity contribution in [2.75, 3.05) is 69.1 Å². The van der Waals surface area contributed by atoms with E-state index in [2.05, 4.69) is 25.9 Å². The van der Waals surface area contributed by atoms with Crippen LogP contribution in [0.3, 0.4) is 0 Å². The van der Waals surface area contributed by atoms with Gasteiger partial charge >= 0.3 is 0 Å². The number of pyridine rings is 1. The van der Waals surface area contributed by atoms with Crippen LogP contribution in [-0.4, -0.2) is 92.2 Å². The normalized spacial score (nSPS) is 15.2. The molecule has 2 aromatic heterocycles. The maximum absolute atomic E-state index is 15.3. The monoisotopic (exact) mass is 753 g/mol. The quantitative estimate of drug-likeness (QED) is 0.0839. The summed E-state index contributed by atoms with van der Waals surface area (Å²) < 4.78 is 27.7. The minimum atomic E-state index is -0.627. The molecule has 0 saturated carbocycles. The number of rotatable bonds is 15. The second-order valence-corrected chi connectivity index (χ2v) is 14.1. The number of thiazole rings is 1. The predicted molar refractivity (Wildman–Crippen MR) is 210 cm³/mol. The summed E-state index contributed by atoms with van der Waals surface area (Å²) in [6.45, 7) is 3.42. The van der Waals surface area contributed by atoms with Gasteiger partial charge in [-0.25, -0.2) is 14.4 Å². The van der Waals surface area contributed by atoms with Gasteiger partial charge in [0, 0.05) is 74.4 Å². The molecule has 2 aliphatic rings. The van der Waals surface area contributed by atoms with Crippen LogP contribution in [0.25, 0.3) is 31.9 Å². The van der Waals surface area contributed by atoms with Gasteiger partial charge in [-0.15, -0.1) is 11.3 Å². The van der Waals surface area contributed by atoms with Gasteiger partial charge < -0.3 is 29.9 Å². The number of anilines is 3. The molecule has 1 unspecified atom stereocenters. The van der Waals surface area contributed by atoms with E-state index in [4.69, 9.17) is 9.47 Å². The smallest absolute Gasteiger partial charge is 0.255 e. The molecule has 282 valence electrons. The van der Waals surface area contributed by atoms with Gasteiger partial charge in [-0.05, 0) is 78.2 Å². The van der Waals surface area contributed by atoms with Crippen molar-refractivity contribution in [3.63, 3.8) is 0 Å². The fourth-order valence-corrected chi connectivity index (χ4v) is 7.41. The summed E-state index contributed by atoms with van der Waals surface area (Å²) in [7, 11) is 3.86. The number of nitrogens with zero attached hydrogens (tertiary/aromatic N) is 4. The molecule has 3 amide bonds. The number of piperidine rings is 1. The van der Waals surface area contributed by atoms with Gasteiger partial charge in [0.05, 0.1) is 36.6 Å². The molecule has 1 fully saturated rings. The van der Waals surface area contributed by atoms with Gasteiger partial charge in [0.15, 0.2) is 0 Å². The number of fused-ring (bicyclic) bond motifs is 2. The van der Waals surface area contributed by atoms with E-state index in [-0.39, 0.29) is 31.5 Å². The lowest BCUT2D eigenvalue weighted by Gasteiger charge is -2.29. The highest BCUT2D eigenvalue weighted by Gasteiger charge is 2.39. The third kappa shape index (κ3) is 8.67. The first-order chi connectivity index (χ1) is 25.7. The maximum atomic E-state index is 15.3. The van der Waals surface area contributed by atoms with Gasteiger partial charge in [0.25, 0.3) is 5.91 Å². The lowest BCUT2D eigenvalue weighted by Crippen LogP contribution is -2.52. The molecule has 2 aliphatic heterocycles. The molecule has 4 heterocycles. The van der Waals surface area contributed by atoms with E-state index in [0.717, 1.165) is 44.1 Å². The highest BCUT2D eigenvalue weighted by Crippen LogP contribution is 2.35. The lowest BCUT2D eigenvalue weighted by atomic mass is 10.0. The fraction of sp³-hybridized carbons (Fsp3) is 0.325. The Morgan fingerprint density at radius 3 is 2.28 bits per heavy atom. The molecule has 54 heavy (non-hydrogen) atoms. The second kappa shape index (κ2) is 17.1. The van der Waals surface area contributed by atoms with E-state index in [9.17, 15) is 14.4 Å². The maximum Gasteiger partial charge on any atom is 0.255 e. The van der Waals surface area contributed by atoms with Crippen molar-refractivity contribution < 1.29 is 28.2 Å². The highest BCUT2D eigenvalue weighted by molar-refractivity contribution is 7.21. The lowest BCUT2D eigenvalue weighted by molar-refractivity contribution is -0.136. The molecule has 14 heteroatoms. The van der Waals surface area contributed by atoms with E-state index in [0.29, 0.717) is 68.6 Å². The standard InChI is InChI=1S/C39H40FN7O5S.CH4/c1-46(2)35-11-4-25(22-43-35)24-3-7-30(31(40)20-24)38-44-32-9-6-28(21-34(32)53-38)42-14-16-52-18-17-51-15-13-41-27-5-8-29-26(19-27)23-47(39(29)50)33-10-12-36(48)45-37(33)49;/h3-9,11,19-22,33,41-42H,10,12-18,23H2,1-2H3,(H,45,48,49);1H4. The number of hydrogen-bond acceptors (Lipinski definition) is 11. The van der Waals surface area contributed by atoms with Crippen LogP contribution in [-0.2, 0) is 25.6 Å². The van der Waals surface area contributed by atoms with Gasteiger partial charge in [-0.3, -0.25) is 19.7 Å². The highest BCUT2D eigenvalue weighted by atomic mass is 32.1. The molecule has 12 nitrogen and oxygen atoms in total. The predicted octanol–water partition coefficient (Wildman–Crippen LogP) is 6.18. The molecule has 3 aromatic carbocycles.